The maximum atomic E-state index is 12.7. The van der Waals surface area contributed by atoms with Gasteiger partial charge in [-0.05, 0) is 12.1 Å². The normalized spacial score (nSPS) is 16.9. The van der Waals surface area contributed by atoms with Gasteiger partial charge in [0.25, 0.3) is 0 Å². The first-order valence-corrected chi connectivity index (χ1v) is 7.85. The summed E-state index contributed by atoms with van der Waals surface area (Å²) in [6.07, 6.45) is 0.0968. The molecule has 0 spiro atoms. The van der Waals surface area contributed by atoms with Gasteiger partial charge in [0.1, 0.15) is 0 Å². The second-order valence-corrected chi connectivity index (χ2v) is 6.40. The van der Waals surface area contributed by atoms with Crippen LogP contribution in [0, 0.1) is 0 Å². The highest BCUT2D eigenvalue weighted by molar-refractivity contribution is 7.89. The molecule has 1 aromatic rings. The summed E-state index contributed by atoms with van der Waals surface area (Å²) in [7, 11) is -2.66. The smallest absolute Gasteiger partial charge is 0.339 e. The van der Waals surface area contributed by atoms with Crippen LogP contribution in [-0.2, 0) is 19.6 Å². The number of carbonyl (C=O) groups excluding carboxylic acids is 2. The molecular weight excluding hydrogens is 296 g/mol. The van der Waals surface area contributed by atoms with E-state index in [1.54, 1.807) is 12.1 Å². The van der Waals surface area contributed by atoms with Gasteiger partial charge in [-0.25, -0.2) is 13.2 Å². The minimum Gasteiger partial charge on any atom is -0.465 e. The maximum absolute atomic E-state index is 12.7. The zero-order valence-electron chi connectivity index (χ0n) is 11.5. The van der Waals surface area contributed by atoms with Crippen LogP contribution in [0.5, 0.6) is 0 Å². The number of carbonyl (C=O) groups is 2. The predicted molar refractivity (Wildman–Crippen MR) is 74.2 cm³/mol. The summed E-state index contributed by atoms with van der Waals surface area (Å²) in [5.41, 5.74) is -0.0106. The summed E-state index contributed by atoms with van der Waals surface area (Å²) in [5.74, 6) is -0.896. The maximum Gasteiger partial charge on any atom is 0.339 e. The number of rotatable bonds is 3. The minimum absolute atomic E-state index is 0.0106. The summed E-state index contributed by atoms with van der Waals surface area (Å²) in [6, 6.07) is 5.88. The molecule has 0 aromatic heterocycles. The monoisotopic (exact) mass is 312 g/mol. The number of amides is 1. The lowest BCUT2D eigenvalue weighted by Gasteiger charge is -2.20. The largest absolute Gasteiger partial charge is 0.465 e. The molecule has 1 N–H and O–H groups in total. The predicted octanol–water partition coefficient (Wildman–Crippen LogP) is -0.0162. The summed E-state index contributed by atoms with van der Waals surface area (Å²) in [6.45, 7) is 0.506. The third kappa shape index (κ3) is 3.22. The van der Waals surface area contributed by atoms with Crippen LogP contribution in [0.15, 0.2) is 29.2 Å². The molecule has 1 amide bonds. The molecule has 2 rings (SSSR count). The molecule has 7 nitrogen and oxygen atoms in total. The molecule has 21 heavy (non-hydrogen) atoms. The van der Waals surface area contributed by atoms with Crippen LogP contribution in [0.2, 0.25) is 0 Å². The summed E-state index contributed by atoms with van der Waals surface area (Å²) < 4.78 is 31.1. The topological polar surface area (TPSA) is 92.8 Å². The fourth-order valence-corrected chi connectivity index (χ4v) is 3.72. The highest BCUT2D eigenvalue weighted by Crippen LogP contribution is 2.21. The molecule has 1 saturated heterocycles. The van der Waals surface area contributed by atoms with Crippen molar-refractivity contribution in [3.63, 3.8) is 0 Å². The molecule has 1 aliphatic heterocycles. The molecular formula is C13H16N2O5S. The van der Waals surface area contributed by atoms with Crippen LogP contribution in [0.1, 0.15) is 16.8 Å². The van der Waals surface area contributed by atoms with E-state index in [0.29, 0.717) is 0 Å². The van der Waals surface area contributed by atoms with Crippen molar-refractivity contribution >= 4 is 21.9 Å². The number of benzene rings is 1. The van der Waals surface area contributed by atoms with Crippen LogP contribution in [0.25, 0.3) is 0 Å². The van der Waals surface area contributed by atoms with Gasteiger partial charge in [-0.2, -0.15) is 4.31 Å². The third-order valence-electron chi connectivity index (χ3n) is 3.18. The van der Waals surface area contributed by atoms with Gasteiger partial charge in [0.15, 0.2) is 0 Å². The number of hydrogen-bond donors (Lipinski definition) is 1. The van der Waals surface area contributed by atoms with E-state index in [1.807, 2.05) is 0 Å². The lowest BCUT2D eigenvalue weighted by atomic mass is 10.2. The van der Waals surface area contributed by atoms with E-state index in [9.17, 15) is 18.0 Å². The highest BCUT2D eigenvalue weighted by Gasteiger charge is 2.30. The van der Waals surface area contributed by atoms with Crippen LogP contribution in [0.4, 0.5) is 0 Å². The van der Waals surface area contributed by atoms with Gasteiger partial charge < -0.3 is 10.1 Å². The number of sulfonamides is 1. The third-order valence-corrected chi connectivity index (χ3v) is 5.14. The van der Waals surface area contributed by atoms with Crippen molar-refractivity contribution in [2.24, 2.45) is 0 Å². The fraction of sp³-hybridized carbons (Fsp3) is 0.385. The highest BCUT2D eigenvalue weighted by atomic mass is 32.2. The first-order valence-electron chi connectivity index (χ1n) is 6.41. The number of methoxy groups -OCH3 is 1. The van der Waals surface area contributed by atoms with E-state index in [2.05, 4.69) is 10.1 Å². The standard InChI is InChI=1S/C13H16N2O5S/c1-20-13(17)10-4-2-3-5-11(10)21(18,19)15-8-6-12(16)14-7-9-15/h2-5H,6-9H2,1H3,(H,14,16). The van der Waals surface area contributed by atoms with E-state index in [1.165, 1.54) is 23.5 Å². The van der Waals surface area contributed by atoms with E-state index < -0.39 is 16.0 Å². The van der Waals surface area contributed by atoms with Gasteiger partial charge in [-0.1, -0.05) is 12.1 Å². The Morgan fingerprint density at radius 1 is 1.29 bits per heavy atom. The lowest BCUT2D eigenvalue weighted by molar-refractivity contribution is -0.120. The van der Waals surface area contributed by atoms with Crippen LogP contribution >= 0.6 is 0 Å². The first kappa shape index (κ1) is 15.5. The molecule has 0 radical (unpaired) electrons. The molecule has 8 heteroatoms. The zero-order valence-corrected chi connectivity index (χ0v) is 12.4. The molecule has 0 atom stereocenters. The van der Waals surface area contributed by atoms with E-state index >= 15 is 0 Å². The Kier molecular flexibility index (Phi) is 4.59. The SMILES string of the molecule is COC(=O)c1ccccc1S(=O)(=O)N1CCNC(=O)CC1. The Labute approximate surface area is 122 Å². The van der Waals surface area contributed by atoms with Gasteiger partial charge >= 0.3 is 5.97 Å². The number of hydrogen-bond acceptors (Lipinski definition) is 5. The van der Waals surface area contributed by atoms with E-state index in [-0.39, 0.29) is 42.4 Å². The van der Waals surface area contributed by atoms with Gasteiger partial charge in [0.2, 0.25) is 15.9 Å². The first-order chi connectivity index (χ1) is 9.96. The van der Waals surface area contributed by atoms with E-state index in [4.69, 9.17) is 0 Å². The van der Waals surface area contributed by atoms with Crippen molar-refractivity contribution in [2.45, 2.75) is 11.3 Å². The number of ether oxygens (including phenoxy) is 1. The number of esters is 1. The van der Waals surface area contributed by atoms with Crippen molar-refractivity contribution in [3.8, 4) is 0 Å². The summed E-state index contributed by atoms with van der Waals surface area (Å²) in [4.78, 5) is 22.9. The lowest BCUT2D eigenvalue weighted by Crippen LogP contribution is -2.35. The van der Waals surface area contributed by atoms with Gasteiger partial charge in [0.05, 0.1) is 17.6 Å². The van der Waals surface area contributed by atoms with E-state index in [0.717, 1.165) is 0 Å². The minimum atomic E-state index is -3.85. The van der Waals surface area contributed by atoms with Crippen molar-refractivity contribution < 1.29 is 22.7 Å². The Morgan fingerprint density at radius 3 is 2.71 bits per heavy atom. The molecule has 0 aliphatic carbocycles. The summed E-state index contributed by atoms with van der Waals surface area (Å²) >= 11 is 0. The molecule has 1 heterocycles. The van der Waals surface area contributed by atoms with Crippen molar-refractivity contribution in [1.29, 1.82) is 0 Å². The number of nitrogens with zero attached hydrogens (tertiary/aromatic N) is 1. The number of nitrogens with one attached hydrogen (secondary N) is 1. The average Bonchev–Trinajstić information content (AvgIpc) is 2.71. The quantitative estimate of drug-likeness (QED) is 0.792. The Hall–Kier alpha value is -1.93. The molecule has 1 aliphatic rings. The second kappa shape index (κ2) is 6.23. The average molecular weight is 312 g/mol. The second-order valence-electron chi connectivity index (χ2n) is 4.49. The molecule has 1 fully saturated rings. The molecule has 0 saturated carbocycles. The van der Waals surface area contributed by atoms with Gasteiger partial charge in [-0.3, -0.25) is 4.79 Å². The van der Waals surface area contributed by atoms with Crippen LogP contribution in [-0.4, -0.2) is 51.3 Å². The van der Waals surface area contributed by atoms with Crippen molar-refractivity contribution in [3.05, 3.63) is 29.8 Å². The Morgan fingerprint density at radius 2 is 2.00 bits per heavy atom. The molecule has 0 bridgehead atoms. The fourth-order valence-electron chi connectivity index (χ4n) is 2.10. The van der Waals surface area contributed by atoms with Crippen LogP contribution < -0.4 is 5.32 Å². The summed E-state index contributed by atoms with van der Waals surface area (Å²) in [5, 5.41) is 2.61. The Bertz CT molecular complexity index is 656. The van der Waals surface area contributed by atoms with Gasteiger partial charge in [0, 0.05) is 26.1 Å². The molecule has 1 aromatic carbocycles. The van der Waals surface area contributed by atoms with Crippen molar-refractivity contribution in [1.82, 2.24) is 9.62 Å². The molecule has 0 unspecified atom stereocenters. The zero-order chi connectivity index (χ0) is 15.5. The van der Waals surface area contributed by atoms with Gasteiger partial charge in [-0.15, -0.1) is 0 Å². The van der Waals surface area contributed by atoms with Crippen LogP contribution in [0.3, 0.4) is 0 Å². The Balaban J connectivity index is 2.40. The van der Waals surface area contributed by atoms with Crippen molar-refractivity contribution in [2.75, 3.05) is 26.7 Å². The molecule has 114 valence electrons.